The zero-order chi connectivity index (χ0) is 17.4. The summed E-state index contributed by atoms with van der Waals surface area (Å²) in [4.78, 5) is 11.9. The number of rotatable bonds is 3. The Balaban J connectivity index is 2.35. The van der Waals surface area contributed by atoms with Gasteiger partial charge in [0.1, 0.15) is 15.9 Å². The Labute approximate surface area is 158 Å². The Bertz CT molecular complexity index is 894. The van der Waals surface area contributed by atoms with E-state index in [1.807, 2.05) is 0 Å². The summed E-state index contributed by atoms with van der Waals surface area (Å²) in [5.74, 6) is -0.454. The Morgan fingerprint density at radius 2 is 1.78 bits per heavy atom. The third-order valence-corrected chi connectivity index (χ3v) is 6.15. The van der Waals surface area contributed by atoms with Crippen LogP contribution in [0.5, 0.6) is 5.75 Å². The highest BCUT2D eigenvalue weighted by Gasteiger charge is 2.17. The van der Waals surface area contributed by atoms with Crippen LogP contribution in [-0.4, -0.2) is 18.9 Å². The Kier molecular flexibility index (Phi) is 5.68. The second kappa shape index (κ2) is 7.02. The molecule has 9 heteroatoms. The second-order valence-electron chi connectivity index (χ2n) is 4.52. The molecule has 0 aromatic heterocycles. The molecule has 0 spiro atoms. The topological polar surface area (TPSA) is 83.5 Å². The first kappa shape index (κ1) is 18.6. The lowest BCUT2D eigenvalue weighted by molar-refractivity contribution is 0.0732. The van der Waals surface area contributed by atoms with Gasteiger partial charge in [-0.05, 0) is 74.7 Å². The van der Waals surface area contributed by atoms with Crippen molar-refractivity contribution in [3.05, 3.63) is 54.9 Å². The number of carbonyl (C=O) groups is 1. The van der Waals surface area contributed by atoms with Gasteiger partial charge in [0.2, 0.25) is 0 Å². The Morgan fingerprint density at radius 3 is 2.35 bits per heavy atom. The van der Waals surface area contributed by atoms with E-state index in [4.69, 9.17) is 4.74 Å². The van der Waals surface area contributed by atoms with Gasteiger partial charge in [0.05, 0.1) is 10.5 Å². The minimum atomic E-state index is -4.55. The Morgan fingerprint density at radius 1 is 1.13 bits per heavy atom. The summed E-state index contributed by atoms with van der Waals surface area (Å²) in [6.07, 6.45) is 0. The molecule has 0 saturated carbocycles. The van der Waals surface area contributed by atoms with Crippen molar-refractivity contribution in [2.75, 3.05) is 0 Å². The number of aryl methyl sites for hydroxylation is 1. The molecule has 0 amide bonds. The quantitative estimate of drug-likeness (QED) is 0.256. The predicted octanol–water partition coefficient (Wildman–Crippen LogP) is 4.41. The molecule has 0 saturated heterocycles. The van der Waals surface area contributed by atoms with Gasteiger partial charge in [-0.1, -0.05) is 15.9 Å². The van der Waals surface area contributed by atoms with E-state index in [-0.39, 0.29) is 16.2 Å². The van der Waals surface area contributed by atoms with E-state index in [0.717, 1.165) is 12.1 Å². The zero-order valence-electron chi connectivity index (χ0n) is 11.5. The molecule has 0 heterocycles. The molecular formula is C14H8Br3O5S-. The van der Waals surface area contributed by atoms with Crippen molar-refractivity contribution in [2.45, 2.75) is 11.8 Å². The lowest BCUT2D eigenvalue weighted by Gasteiger charge is -2.12. The van der Waals surface area contributed by atoms with E-state index in [9.17, 15) is 17.8 Å². The van der Waals surface area contributed by atoms with Crippen LogP contribution in [0.4, 0.5) is 0 Å². The monoisotopic (exact) mass is 525 g/mol. The van der Waals surface area contributed by atoms with Gasteiger partial charge in [0.25, 0.3) is 0 Å². The summed E-state index contributed by atoms with van der Waals surface area (Å²) in [6, 6.07) is 6.89. The molecule has 5 nitrogen and oxygen atoms in total. The number of benzene rings is 2. The number of carbonyl (C=O) groups excluding carboxylic acids is 1. The maximum absolute atomic E-state index is 12.3. The largest absolute Gasteiger partial charge is 0.744 e. The minimum absolute atomic E-state index is 0.172. The molecule has 0 aliphatic rings. The van der Waals surface area contributed by atoms with Crippen molar-refractivity contribution in [2.24, 2.45) is 0 Å². The van der Waals surface area contributed by atoms with E-state index in [1.54, 1.807) is 19.1 Å². The van der Waals surface area contributed by atoms with Crippen molar-refractivity contribution >= 4 is 63.9 Å². The van der Waals surface area contributed by atoms with E-state index in [1.165, 1.54) is 6.07 Å². The van der Waals surface area contributed by atoms with Crippen LogP contribution >= 0.6 is 47.8 Å². The fourth-order valence-corrected chi connectivity index (χ4v) is 3.92. The van der Waals surface area contributed by atoms with Gasteiger partial charge in [0, 0.05) is 13.4 Å². The summed E-state index contributed by atoms with van der Waals surface area (Å²) >= 11 is 9.89. The molecule has 2 rings (SSSR count). The third kappa shape index (κ3) is 4.42. The van der Waals surface area contributed by atoms with Crippen LogP contribution in [0.15, 0.2) is 48.6 Å². The first-order chi connectivity index (χ1) is 10.6. The minimum Gasteiger partial charge on any atom is -0.744 e. The van der Waals surface area contributed by atoms with Crippen molar-refractivity contribution in [3.8, 4) is 5.75 Å². The van der Waals surface area contributed by atoms with Crippen LogP contribution in [0.25, 0.3) is 0 Å². The maximum Gasteiger partial charge on any atom is 0.344 e. The standard InChI is InChI=1S/C14H9Br3O5S/c1-7-4-9(23(19,20)21)2-3-12(7)22-14(18)10-5-8(15)6-11(16)13(10)17/h2-6H,1H3,(H,19,20,21)/p-1. The normalized spacial score (nSPS) is 11.3. The summed E-state index contributed by atoms with van der Waals surface area (Å²) in [5.41, 5.74) is 0.645. The molecule has 0 fully saturated rings. The smallest absolute Gasteiger partial charge is 0.344 e. The molecule has 2 aromatic carbocycles. The summed E-state index contributed by atoms with van der Waals surface area (Å²) in [7, 11) is -4.55. The Hall–Kier alpha value is -0.740. The highest BCUT2D eigenvalue weighted by molar-refractivity contribution is 9.13. The van der Waals surface area contributed by atoms with Crippen LogP contribution in [0.1, 0.15) is 15.9 Å². The molecule has 0 radical (unpaired) electrons. The van der Waals surface area contributed by atoms with Crippen molar-refractivity contribution in [3.63, 3.8) is 0 Å². The highest BCUT2D eigenvalue weighted by atomic mass is 79.9. The summed E-state index contributed by atoms with van der Waals surface area (Å²) < 4.78 is 40.1. The van der Waals surface area contributed by atoms with Gasteiger partial charge in [0.15, 0.2) is 0 Å². The first-order valence-electron chi connectivity index (χ1n) is 6.03. The SMILES string of the molecule is Cc1cc(S(=O)(=O)[O-])ccc1OC(=O)c1cc(Br)cc(Br)c1Br. The fraction of sp³-hybridized carbons (Fsp3) is 0.0714. The van der Waals surface area contributed by atoms with Crippen molar-refractivity contribution in [1.29, 1.82) is 0 Å². The van der Waals surface area contributed by atoms with Crippen LogP contribution < -0.4 is 4.74 Å². The lowest BCUT2D eigenvalue weighted by Crippen LogP contribution is -2.11. The maximum atomic E-state index is 12.3. The number of hydrogen-bond acceptors (Lipinski definition) is 5. The van der Waals surface area contributed by atoms with Gasteiger partial charge >= 0.3 is 5.97 Å². The second-order valence-corrected chi connectivity index (χ2v) is 8.46. The zero-order valence-corrected chi connectivity index (χ0v) is 17.0. The lowest BCUT2D eigenvalue weighted by atomic mass is 10.2. The average Bonchev–Trinajstić information content (AvgIpc) is 2.43. The number of ether oxygens (including phenoxy) is 1. The van der Waals surface area contributed by atoms with Crippen molar-refractivity contribution in [1.82, 2.24) is 0 Å². The van der Waals surface area contributed by atoms with Crippen molar-refractivity contribution < 1.29 is 22.5 Å². The molecule has 0 bridgehead atoms. The average molecular weight is 528 g/mol. The van der Waals surface area contributed by atoms with E-state index < -0.39 is 16.1 Å². The summed E-state index contributed by atoms with van der Waals surface area (Å²) in [6.45, 7) is 1.54. The summed E-state index contributed by atoms with van der Waals surface area (Å²) in [5, 5.41) is 0. The van der Waals surface area contributed by atoms with E-state index in [2.05, 4.69) is 47.8 Å². The van der Waals surface area contributed by atoms with Crippen LogP contribution in [-0.2, 0) is 10.1 Å². The van der Waals surface area contributed by atoms with Crippen LogP contribution in [0.2, 0.25) is 0 Å². The molecule has 2 aromatic rings. The van der Waals surface area contributed by atoms with Crippen LogP contribution in [0.3, 0.4) is 0 Å². The predicted molar refractivity (Wildman–Crippen MR) is 93.6 cm³/mol. The molecule has 0 aliphatic carbocycles. The molecule has 122 valence electrons. The third-order valence-electron chi connectivity index (χ3n) is 2.85. The number of hydrogen-bond donors (Lipinski definition) is 0. The van der Waals surface area contributed by atoms with Gasteiger partial charge in [-0.15, -0.1) is 0 Å². The number of halogens is 3. The van der Waals surface area contributed by atoms with Gasteiger partial charge in [-0.3, -0.25) is 0 Å². The van der Waals surface area contributed by atoms with Crippen LogP contribution in [0, 0.1) is 6.92 Å². The highest BCUT2D eigenvalue weighted by Crippen LogP contribution is 2.32. The fourth-order valence-electron chi connectivity index (χ4n) is 1.75. The van der Waals surface area contributed by atoms with Gasteiger partial charge in [-0.25, -0.2) is 13.2 Å². The number of esters is 1. The van der Waals surface area contributed by atoms with Gasteiger partial charge in [-0.2, -0.15) is 0 Å². The molecule has 0 aliphatic heterocycles. The molecular weight excluding hydrogens is 520 g/mol. The van der Waals surface area contributed by atoms with E-state index >= 15 is 0 Å². The molecule has 0 N–H and O–H groups in total. The van der Waals surface area contributed by atoms with E-state index in [0.29, 0.717) is 19.0 Å². The first-order valence-corrected chi connectivity index (χ1v) is 9.81. The molecule has 0 atom stereocenters. The van der Waals surface area contributed by atoms with Gasteiger partial charge < -0.3 is 9.29 Å². The molecule has 23 heavy (non-hydrogen) atoms. The molecule has 0 unspecified atom stereocenters.